The lowest BCUT2D eigenvalue weighted by Crippen LogP contribution is -2.52. The summed E-state index contributed by atoms with van der Waals surface area (Å²) in [5, 5.41) is 16.5. The zero-order valence-electron chi connectivity index (χ0n) is 23.9. The predicted octanol–water partition coefficient (Wildman–Crippen LogP) is 6.23. The van der Waals surface area contributed by atoms with E-state index < -0.39 is 6.23 Å². The smallest absolute Gasteiger partial charge is 0.255 e. The van der Waals surface area contributed by atoms with Crippen LogP contribution in [-0.2, 0) is 16.9 Å². The van der Waals surface area contributed by atoms with Crippen molar-refractivity contribution in [1.29, 1.82) is 0 Å². The highest BCUT2D eigenvalue weighted by molar-refractivity contribution is 7.13. The molecule has 6 rings (SSSR count). The second kappa shape index (κ2) is 11.4. The van der Waals surface area contributed by atoms with Gasteiger partial charge in [-0.15, -0.1) is 11.3 Å². The largest absolute Gasteiger partial charge is 0.397 e. The van der Waals surface area contributed by atoms with Crippen LogP contribution in [0.1, 0.15) is 60.0 Å². The Bertz CT molecular complexity index is 1590. The number of aliphatic hydroxyl groups is 1. The summed E-state index contributed by atoms with van der Waals surface area (Å²) < 4.78 is 0. The van der Waals surface area contributed by atoms with Crippen LogP contribution < -0.4 is 11.1 Å². The number of thiophene rings is 1. The Kier molecular flexibility index (Phi) is 7.62. The molecule has 8 heteroatoms. The number of fused-ring (bicyclic) bond motifs is 2. The highest BCUT2D eigenvalue weighted by Crippen LogP contribution is 2.51. The van der Waals surface area contributed by atoms with Crippen LogP contribution in [-0.4, -0.2) is 39.8 Å². The standard InChI is InChI=1S/C34H36N4O3S/c1-22(2)32(40)37-17-15-34(16-18-37)27-7-4-3-6-26(27)33(41)38(34)21-23-9-11-24(12-10-23)31(39)36-29-20-25(13-14-28(29)35)30-8-5-19-42-30/h3-14,19-20,22,33,41H,15-18,21,35H2,1-2H3,(H,36,39). The van der Waals surface area contributed by atoms with Crippen molar-refractivity contribution in [2.75, 3.05) is 24.1 Å². The lowest BCUT2D eigenvalue weighted by atomic mass is 9.80. The van der Waals surface area contributed by atoms with E-state index in [0.717, 1.165) is 40.0 Å². The molecular formula is C34H36N4O3S. The number of carbonyl (C=O) groups excluding carboxylic acids is 2. The van der Waals surface area contributed by atoms with Crippen molar-refractivity contribution in [2.24, 2.45) is 5.92 Å². The minimum absolute atomic E-state index is 0.0336. The van der Waals surface area contributed by atoms with Gasteiger partial charge in [0.1, 0.15) is 6.23 Å². The molecular weight excluding hydrogens is 544 g/mol. The quantitative estimate of drug-likeness (QED) is 0.235. The zero-order valence-corrected chi connectivity index (χ0v) is 24.7. The van der Waals surface area contributed by atoms with Crippen molar-refractivity contribution in [1.82, 2.24) is 9.80 Å². The second-order valence-corrected chi connectivity index (χ2v) is 12.5. The Morgan fingerprint density at radius 1 is 1.02 bits per heavy atom. The van der Waals surface area contributed by atoms with Crippen LogP contribution in [0.3, 0.4) is 0 Å². The predicted molar refractivity (Wildman–Crippen MR) is 168 cm³/mol. The Morgan fingerprint density at radius 2 is 1.76 bits per heavy atom. The molecule has 1 aromatic heterocycles. The number of piperidine rings is 1. The van der Waals surface area contributed by atoms with E-state index in [2.05, 4.69) is 16.3 Å². The summed E-state index contributed by atoms with van der Waals surface area (Å²) >= 11 is 1.63. The molecule has 2 aliphatic rings. The Morgan fingerprint density at radius 3 is 2.45 bits per heavy atom. The van der Waals surface area contributed by atoms with Gasteiger partial charge in [-0.05, 0) is 65.2 Å². The van der Waals surface area contributed by atoms with E-state index in [1.54, 1.807) is 11.3 Å². The summed E-state index contributed by atoms with van der Waals surface area (Å²) in [6.07, 6.45) is 0.771. The van der Waals surface area contributed by atoms with Crippen LogP contribution in [0, 0.1) is 5.92 Å². The third kappa shape index (κ3) is 5.11. The number of hydrogen-bond donors (Lipinski definition) is 3. The topological polar surface area (TPSA) is 98.9 Å². The number of aliphatic hydroxyl groups excluding tert-OH is 1. The van der Waals surface area contributed by atoms with Gasteiger partial charge in [-0.2, -0.15) is 0 Å². The number of nitrogens with one attached hydrogen (secondary N) is 1. The summed E-state index contributed by atoms with van der Waals surface area (Å²) in [5.41, 5.74) is 11.5. The first kappa shape index (κ1) is 28.2. The average molecular weight is 581 g/mol. The molecule has 3 aromatic carbocycles. The maximum absolute atomic E-state index is 13.1. The Labute approximate surface area is 250 Å². The first-order valence-electron chi connectivity index (χ1n) is 14.4. The summed E-state index contributed by atoms with van der Waals surface area (Å²) in [6.45, 7) is 5.71. The van der Waals surface area contributed by atoms with Crippen molar-refractivity contribution in [3.8, 4) is 10.4 Å². The van der Waals surface area contributed by atoms with Gasteiger partial charge in [0.25, 0.3) is 5.91 Å². The van der Waals surface area contributed by atoms with Crippen LogP contribution in [0.25, 0.3) is 10.4 Å². The molecule has 3 heterocycles. The second-order valence-electron chi connectivity index (χ2n) is 11.5. The number of benzene rings is 3. The van der Waals surface area contributed by atoms with Crippen LogP contribution >= 0.6 is 11.3 Å². The van der Waals surface area contributed by atoms with Gasteiger partial charge in [-0.1, -0.05) is 62.4 Å². The molecule has 2 aliphatic heterocycles. The molecule has 216 valence electrons. The van der Waals surface area contributed by atoms with Gasteiger partial charge >= 0.3 is 0 Å². The number of hydrogen-bond acceptors (Lipinski definition) is 6. The number of rotatable bonds is 6. The van der Waals surface area contributed by atoms with E-state index >= 15 is 0 Å². The number of amides is 2. The monoisotopic (exact) mass is 580 g/mol. The van der Waals surface area contributed by atoms with Crippen molar-refractivity contribution in [3.05, 3.63) is 106 Å². The molecule has 1 unspecified atom stereocenters. The lowest BCUT2D eigenvalue weighted by molar-refractivity contribution is -0.139. The van der Waals surface area contributed by atoms with Gasteiger partial charge in [0.15, 0.2) is 0 Å². The maximum atomic E-state index is 13.1. The molecule has 0 radical (unpaired) electrons. The molecule has 1 atom stereocenters. The van der Waals surface area contributed by atoms with Gasteiger partial charge in [0, 0.05) is 41.6 Å². The number of anilines is 2. The third-order valence-electron chi connectivity index (χ3n) is 8.66. The number of likely N-dealkylation sites (tertiary alicyclic amines) is 1. The van der Waals surface area contributed by atoms with Crippen molar-refractivity contribution in [2.45, 2.75) is 45.0 Å². The summed E-state index contributed by atoms with van der Waals surface area (Å²) in [5.74, 6) is -0.0883. The fourth-order valence-corrected chi connectivity index (χ4v) is 7.10. The van der Waals surface area contributed by atoms with E-state index in [4.69, 9.17) is 5.73 Å². The minimum atomic E-state index is -0.741. The molecule has 7 nitrogen and oxygen atoms in total. The highest BCUT2D eigenvalue weighted by Gasteiger charge is 2.51. The van der Waals surface area contributed by atoms with Gasteiger partial charge in [-0.25, -0.2) is 0 Å². The molecule has 0 bridgehead atoms. The highest BCUT2D eigenvalue weighted by atomic mass is 32.1. The van der Waals surface area contributed by atoms with Gasteiger partial charge in [-0.3, -0.25) is 14.5 Å². The maximum Gasteiger partial charge on any atom is 0.255 e. The van der Waals surface area contributed by atoms with Crippen LogP contribution in [0.15, 0.2) is 84.2 Å². The SMILES string of the molecule is CC(C)C(=O)N1CCC2(CC1)c1ccccc1C(O)N2Cc1ccc(C(=O)Nc2cc(-c3cccs3)ccc2N)cc1. The summed E-state index contributed by atoms with van der Waals surface area (Å²) in [7, 11) is 0. The van der Waals surface area contributed by atoms with E-state index in [9.17, 15) is 14.7 Å². The van der Waals surface area contributed by atoms with Gasteiger partial charge in [0.05, 0.1) is 16.9 Å². The Hall–Kier alpha value is -3.98. The van der Waals surface area contributed by atoms with Gasteiger partial charge in [0.2, 0.25) is 5.91 Å². The number of nitrogens with zero attached hydrogens (tertiary/aromatic N) is 2. The summed E-state index contributed by atoms with van der Waals surface area (Å²) in [6, 6.07) is 25.3. The van der Waals surface area contributed by atoms with E-state index in [0.29, 0.717) is 36.6 Å². The number of nitrogens with two attached hydrogens (primary N) is 1. The lowest BCUT2D eigenvalue weighted by Gasteiger charge is -2.46. The molecule has 1 fully saturated rings. The molecule has 4 aromatic rings. The van der Waals surface area contributed by atoms with Crippen molar-refractivity contribution < 1.29 is 14.7 Å². The van der Waals surface area contributed by atoms with Crippen LogP contribution in [0.2, 0.25) is 0 Å². The van der Waals surface area contributed by atoms with E-state index in [1.807, 2.05) is 96.9 Å². The Balaban J connectivity index is 1.19. The third-order valence-corrected chi connectivity index (χ3v) is 9.58. The molecule has 2 amide bonds. The van der Waals surface area contributed by atoms with Crippen molar-refractivity contribution >= 4 is 34.5 Å². The minimum Gasteiger partial charge on any atom is -0.397 e. The van der Waals surface area contributed by atoms with E-state index in [1.165, 1.54) is 0 Å². The number of carbonyl (C=O) groups is 2. The molecule has 4 N–H and O–H groups in total. The first-order valence-corrected chi connectivity index (χ1v) is 15.3. The molecule has 1 saturated heterocycles. The molecule has 1 spiro atoms. The van der Waals surface area contributed by atoms with Gasteiger partial charge < -0.3 is 21.1 Å². The fraction of sp³-hybridized carbons (Fsp3) is 0.294. The van der Waals surface area contributed by atoms with Crippen LogP contribution in [0.5, 0.6) is 0 Å². The van der Waals surface area contributed by atoms with Crippen molar-refractivity contribution in [3.63, 3.8) is 0 Å². The fourth-order valence-electron chi connectivity index (χ4n) is 6.37. The normalized spacial score (nSPS) is 17.9. The molecule has 42 heavy (non-hydrogen) atoms. The molecule has 0 saturated carbocycles. The molecule has 0 aliphatic carbocycles. The van der Waals surface area contributed by atoms with E-state index in [-0.39, 0.29) is 23.3 Å². The summed E-state index contributed by atoms with van der Waals surface area (Å²) in [4.78, 5) is 31.1. The number of nitrogen functional groups attached to an aromatic ring is 1. The van der Waals surface area contributed by atoms with Crippen LogP contribution in [0.4, 0.5) is 11.4 Å². The zero-order chi connectivity index (χ0) is 29.4. The first-order chi connectivity index (χ1) is 20.3. The average Bonchev–Trinajstić information content (AvgIpc) is 3.62.